The van der Waals surface area contributed by atoms with Crippen LogP contribution in [0.3, 0.4) is 0 Å². The van der Waals surface area contributed by atoms with Crippen molar-refractivity contribution in [1.82, 2.24) is 4.98 Å². The van der Waals surface area contributed by atoms with Crippen molar-refractivity contribution in [2.75, 3.05) is 5.32 Å². The van der Waals surface area contributed by atoms with Crippen molar-refractivity contribution in [2.45, 2.75) is 6.18 Å². The highest BCUT2D eigenvalue weighted by Crippen LogP contribution is 2.31. The van der Waals surface area contributed by atoms with E-state index in [-0.39, 0.29) is 11.3 Å². The zero-order chi connectivity index (χ0) is 14.8. The lowest BCUT2D eigenvalue weighted by Gasteiger charge is -2.13. The van der Waals surface area contributed by atoms with Crippen molar-refractivity contribution in [1.29, 1.82) is 0 Å². The third-order valence-electron chi connectivity index (χ3n) is 2.50. The largest absolute Gasteiger partial charge is 0.417 e. The number of rotatable bonds is 2. The second-order valence-corrected chi connectivity index (χ2v) is 3.97. The third-order valence-corrected chi connectivity index (χ3v) is 2.50. The van der Waals surface area contributed by atoms with Crippen molar-refractivity contribution in [3.63, 3.8) is 0 Å². The van der Waals surface area contributed by atoms with Gasteiger partial charge >= 0.3 is 6.18 Å². The van der Waals surface area contributed by atoms with E-state index in [0.29, 0.717) is 0 Å². The first kappa shape index (κ1) is 14.1. The quantitative estimate of drug-likeness (QED) is 0.854. The molecule has 2 rings (SSSR count). The fraction of sp³-hybridized carbons (Fsp3) is 0.0769. The summed E-state index contributed by atoms with van der Waals surface area (Å²) in [5, 5.41) is 2.29. The van der Waals surface area contributed by atoms with Crippen LogP contribution < -0.4 is 10.8 Å². The molecule has 100 valence electrons. The molecule has 0 atom stereocenters. The number of carbonyl (C=O) groups excluding carboxylic acids is 1. The summed E-state index contributed by atoms with van der Waals surface area (Å²) in [4.78, 5) is 15.7. The molecule has 1 N–H and O–H groups in total. The molecule has 3 nitrogen and oxygen atoms in total. The Bertz CT molecular complexity index is 629. The Morgan fingerprint density at radius 2 is 1.95 bits per heavy atom. The Morgan fingerprint density at radius 3 is 2.55 bits per heavy atom. The topological polar surface area (TPSA) is 42.0 Å². The molecule has 2 aromatic rings. The minimum atomic E-state index is -4.63. The predicted molar refractivity (Wildman–Crippen MR) is 69.0 cm³/mol. The molecule has 0 saturated heterocycles. The molecular weight excluding hydrogens is 268 g/mol. The van der Waals surface area contributed by atoms with Crippen LogP contribution in [-0.4, -0.2) is 18.7 Å². The molecule has 0 saturated carbocycles. The molecule has 2 radical (unpaired) electrons. The van der Waals surface area contributed by atoms with Gasteiger partial charge in [-0.1, -0.05) is 23.7 Å². The number of aromatic nitrogens is 1. The molecule has 0 aliphatic rings. The molecular formula is C13H8BF3N2O. The molecule has 0 unspecified atom stereocenters. The summed E-state index contributed by atoms with van der Waals surface area (Å²) in [7, 11) is 5.44. The van der Waals surface area contributed by atoms with E-state index in [0.717, 1.165) is 18.2 Å². The van der Waals surface area contributed by atoms with E-state index in [1.54, 1.807) is 12.1 Å². The van der Waals surface area contributed by atoms with Gasteiger partial charge in [0.2, 0.25) is 0 Å². The first-order chi connectivity index (χ1) is 9.38. The fourth-order valence-corrected chi connectivity index (χ4v) is 1.62. The van der Waals surface area contributed by atoms with Crippen LogP contribution in [0.2, 0.25) is 0 Å². The summed E-state index contributed by atoms with van der Waals surface area (Å²) in [5.41, 5.74) is -1.51. The van der Waals surface area contributed by atoms with Gasteiger partial charge in [0.1, 0.15) is 13.7 Å². The minimum absolute atomic E-state index is 0.0733. The zero-order valence-electron chi connectivity index (χ0n) is 10.1. The molecule has 1 aromatic heterocycles. The lowest BCUT2D eigenvalue weighted by atomic mass is 9.91. The monoisotopic (exact) mass is 276 g/mol. The van der Waals surface area contributed by atoms with E-state index in [1.807, 2.05) is 0 Å². The summed E-state index contributed by atoms with van der Waals surface area (Å²) in [6, 6.07) is 7.56. The maximum atomic E-state index is 12.8. The molecule has 0 bridgehead atoms. The summed E-state index contributed by atoms with van der Waals surface area (Å²) in [6.45, 7) is 0. The molecule has 0 fully saturated rings. The number of nitrogens with one attached hydrogen (secondary N) is 1. The first-order valence-corrected chi connectivity index (χ1v) is 5.57. The number of anilines is 1. The van der Waals surface area contributed by atoms with Crippen LogP contribution in [0, 0.1) is 0 Å². The fourth-order valence-electron chi connectivity index (χ4n) is 1.62. The highest BCUT2D eigenvalue weighted by atomic mass is 19.4. The third kappa shape index (κ3) is 3.17. The lowest BCUT2D eigenvalue weighted by molar-refractivity contribution is -0.137. The Labute approximate surface area is 114 Å². The number of benzene rings is 1. The smallest absolute Gasteiger partial charge is 0.307 e. The molecule has 0 aliphatic carbocycles. The van der Waals surface area contributed by atoms with E-state index in [9.17, 15) is 18.0 Å². The summed E-state index contributed by atoms with van der Waals surface area (Å²) in [6.07, 6.45) is -3.22. The van der Waals surface area contributed by atoms with Crippen LogP contribution in [0.25, 0.3) is 0 Å². The van der Waals surface area contributed by atoms with Gasteiger partial charge in [0.15, 0.2) is 0 Å². The number of alkyl halides is 3. The van der Waals surface area contributed by atoms with Gasteiger partial charge in [0.05, 0.1) is 11.1 Å². The average Bonchev–Trinajstić information content (AvgIpc) is 2.38. The van der Waals surface area contributed by atoms with Gasteiger partial charge in [-0.05, 0) is 18.2 Å². The minimum Gasteiger partial charge on any atom is -0.307 e. The van der Waals surface area contributed by atoms with Crippen LogP contribution in [0.15, 0.2) is 42.6 Å². The van der Waals surface area contributed by atoms with Crippen LogP contribution in [0.4, 0.5) is 19.0 Å². The molecule has 0 spiro atoms. The molecule has 0 aliphatic heterocycles. The molecule has 1 amide bonds. The average molecular weight is 276 g/mol. The number of carbonyl (C=O) groups is 1. The van der Waals surface area contributed by atoms with E-state index in [4.69, 9.17) is 7.85 Å². The second kappa shape index (κ2) is 5.36. The van der Waals surface area contributed by atoms with Gasteiger partial charge in [0.25, 0.3) is 5.91 Å². The van der Waals surface area contributed by atoms with Gasteiger partial charge < -0.3 is 5.32 Å². The maximum Gasteiger partial charge on any atom is 0.417 e. The molecule has 1 heterocycles. The highest BCUT2D eigenvalue weighted by Gasteiger charge is 2.35. The van der Waals surface area contributed by atoms with E-state index in [1.165, 1.54) is 12.3 Å². The number of hydrogen-bond acceptors (Lipinski definition) is 2. The van der Waals surface area contributed by atoms with Gasteiger partial charge in [-0.15, -0.1) is 0 Å². The number of hydrogen-bond donors (Lipinski definition) is 1. The van der Waals surface area contributed by atoms with Gasteiger partial charge in [-0.3, -0.25) is 4.79 Å². The van der Waals surface area contributed by atoms with E-state index < -0.39 is 23.2 Å². The molecule has 7 heteroatoms. The first-order valence-electron chi connectivity index (χ1n) is 5.57. The predicted octanol–water partition coefficient (Wildman–Crippen LogP) is 2.15. The van der Waals surface area contributed by atoms with Gasteiger partial charge in [0, 0.05) is 6.20 Å². The summed E-state index contributed by atoms with van der Waals surface area (Å²) >= 11 is 0. The maximum absolute atomic E-state index is 12.8. The van der Waals surface area contributed by atoms with Crippen LogP contribution in [-0.2, 0) is 6.18 Å². The van der Waals surface area contributed by atoms with Crippen LogP contribution in [0.1, 0.15) is 15.9 Å². The Morgan fingerprint density at radius 1 is 1.20 bits per heavy atom. The summed E-state index contributed by atoms with van der Waals surface area (Å²) in [5.74, 6) is -0.753. The number of pyridine rings is 1. The van der Waals surface area contributed by atoms with Gasteiger partial charge in [-0.25, -0.2) is 4.98 Å². The van der Waals surface area contributed by atoms with E-state index >= 15 is 0 Å². The molecule has 20 heavy (non-hydrogen) atoms. The highest BCUT2D eigenvalue weighted by molar-refractivity contribution is 6.32. The van der Waals surface area contributed by atoms with Crippen molar-refractivity contribution in [2.24, 2.45) is 0 Å². The Hall–Kier alpha value is -2.31. The normalized spacial score (nSPS) is 11.2. The van der Waals surface area contributed by atoms with Crippen molar-refractivity contribution in [3.8, 4) is 0 Å². The Kier molecular flexibility index (Phi) is 3.78. The van der Waals surface area contributed by atoms with Crippen molar-refractivity contribution >= 4 is 25.0 Å². The zero-order valence-corrected chi connectivity index (χ0v) is 10.1. The standard InChI is InChI=1S/C13H8BF3N2O/c14-8-4-5-10(13(15,16)17)9(7-8)12(20)19-11-3-1-2-6-18-11/h1-7H,(H,18,19,20). The van der Waals surface area contributed by atoms with E-state index in [2.05, 4.69) is 10.3 Å². The lowest BCUT2D eigenvalue weighted by Crippen LogP contribution is -2.21. The SMILES string of the molecule is [B]c1ccc(C(F)(F)F)c(C(=O)Nc2ccccn2)c1. The number of amides is 1. The Balaban J connectivity index is 2.36. The van der Waals surface area contributed by atoms with Crippen molar-refractivity contribution in [3.05, 3.63) is 53.7 Å². The second-order valence-electron chi connectivity index (χ2n) is 3.97. The van der Waals surface area contributed by atoms with Crippen LogP contribution >= 0.6 is 0 Å². The number of nitrogens with zero attached hydrogens (tertiary/aromatic N) is 1. The van der Waals surface area contributed by atoms with Crippen LogP contribution in [0.5, 0.6) is 0 Å². The molecule has 1 aromatic carbocycles. The summed E-state index contributed by atoms with van der Waals surface area (Å²) < 4.78 is 38.5. The van der Waals surface area contributed by atoms with Crippen molar-refractivity contribution < 1.29 is 18.0 Å². The van der Waals surface area contributed by atoms with Gasteiger partial charge in [-0.2, -0.15) is 13.2 Å². The number of halogens is 3.